The number of anilines is 1. The average Bonchev–Trinajstić information content (AvgIpc) is 2.45. The second-order valence-corrected chi connectivity index (χ2v) is 4.80. The average molecular weight is 317 g/mol. The number of nitrogens with zero attached hydrogens (tertiary/aromatic N) is 1. The van der Waals surface area contributed by atoms with Crippen molar-refractivity contribution in [3.8, 4) is 0 Å². The Morgan fingerprint density at radius 1 is 1.19 bits per heavy atom. The van der Waals surface area contributed by atoms with Gasteiger partial charge in [0.25, 0.3) is 0 Å². The Bertz CT molecular complexity index is 602. The SMILES string of the molecule is OCC(Nc1cc(C(F)(F)F)ccn1)c1ccc(Cl)cc1. The van der Waals surface area contributed by atoms with Crippen molar-refractivity contribution in [2.75, 3.05) is 11.9 Å². The molecule has 0 spiro atoms. The molecule has 1 aromatic carbocycles. The molecule has 3 nitrogen and oxygen atoms in total. The largest absolute Gasteiger partial charge is 0.416 e. The number of alkyl halides is 3. The van der Waals surface area contributed by atoms with Crippen LogP contribution in [0.1, 0.15) is 17.2 Å². The van der Waals surface area contributed by atoms with Crippen molar-refractivity contribution in [1.82, 2.24) is 4.98 Å². The first-order chi connectivity index (χ1) is 9.90. The first kappa shape index (κ1) is 15.6. The number of halogens is 4. The minimum absolute atomic E-state index is 0.0406. The van der Waals surface area contributed by atoms with E-state index in [1.807, 2.05) is 0 Å². The van der Waals surface area contributed by atoms with E-state index >= 15 is 0 Å². The lowest BCUT2D eigenvalue weighted by atomic mass is 10.1. The van der Waals surface area contributed by atoms with Gasteiger partial charge in [-0.05, 0) is 29.8 Å². The number of benzene rings is 1. The highest BCUT2D eigenvalue weighted by Crippen LogP contribution is 2.30. The number of aliphatic hydroxyl groups is 1. The van der Waals surface area contributed by atoms with Gasteiger partial charge in [0.15, 0.2) is 0 Å². The number of hydrogen-bond donors (Lipinski definition) is 2. The first-order valence-electron chi connectivity index (χ1n) is 6.06. The molecule has 1 unspecified atom stereocenters. The van der Waals surface area contributed by atoms with Crippen LogP contribution in [0.2, 0.25) is 5.02 Å². The maximum absolute atomic E-state index is 12.6. The Hall–Kier alpha value is -1.79. The van der Waals surface area contributed by atoms with E-state index in [1.165, 1.54) is 0 Å². The maximum Gasteiger partial charge on any atom is 0.416 e. The van der Waals surface area contributed by atoms with Crippen LogP contribution in [-0.2, 0) is 6.18 Å². The van der Waals surface area contributed by atoms with Crippen LogP contribution in [0.5, 0.6) is 0 Å². The molecule has 1 heterocycles. The van der Waals surface area contributed by atoms with E-state index in [0.29, 0.717) is 10.6 Å². The summed E-state index contributed by atoms with van der Waals surface area (Å²) in [7, 11) is 0. The Balaban J connectivity index is 2.21. The lowest BCUT2D eigenvalue weighted by molar-refractivity contribution is -0.137. The standard InChI is InChI=1S/C14H12ClF3N2O/c15-11-3-1-9(2-4-11)12(8-21)20-13-7-10(5-6-19-13)14(16,17)18/h1-7,12,21H,8H2,(H,19,20). The highest BCUT2D eigenvalue weighted by atomic mass is 35.5. The van der Waals surface area contributed by atoms with Gasteiger partial charge >= 0.3 is 6.18 Å². The Kier molecular flexibility index (Phi) is 4.69. The summed E-state index contributed by atoms with van der Waals surface area (Å²) >= 11 is 5.77. The van der Waals surface area contributed by atoms with E-state index in [-0.39, 0.29) is 12.4 Å². The molecule has 2 rings (SSSR count). The summed E-state index contributed by atoms with van der Waals surface area (Å²) in [6.07, 6.45) is -3.37. The molecule has 7 heteroatoms. The smallest absolute Gasteiger partial charge is 0.394 e. The van der Waals surface area contributed by atoms with Crippen molar-refractivity contribution in [2.24, 2.45) is 0 Å². The van der Waals surface area contributed by atoms with Crippen molar-refractivity contribution >= 4 is 17.4 Å². The number of rotatable bonds is 4. The fourth-order valence-electron chi connectivity index (χ4n) is 1.79. The van der Waals surface area contributed by atoms with Crippen molar-refractivity contribution in [3.63, 3.8) is 0 Å². The number of nitrogens with one attached hydrogen (secondary N) is 1. The number of pyridine rings is 1. The molecule has 1 atom stereocenters. The Morgan fingerprint density at radius 3 is 2.43 bits per heavy atom. The molecule has 2 aromatic rings. The molecular formula is C14H12ClF3N2O. The van der Waals surface area contributed by atoms with Crippen LogP contribution in [0.15, 0.2) is 42.6 Å². The van der Waals surface area contributed by atoms with Gasteiger partial charge in [-0.3, -0.25) is 0 Å². The minimum atomic E-state index is -4.44. The van der Waals surface area contributed by atoms with E-state index in [2.05, 4.69) is 10.3 Å². The zero-order valence-electron chi connectivity index (χ0n) is 10.7. The van der Waals surface area contributed by atoms with Gasteiger partial charge in [-0.15, -0.1) is 0 Å². The molecule has 112 valence electrons. The molecule has 21 heavy (non-hydrogen) atoms. The van der Waals surface area contributed by atoms with E-state index in [0.717, 1.165) is 18.3 Å². The predicted molar refractivity (Wildman–Crippen MR) is 74.1 cm³/mol. The molecule has 0 aliphatic rings. The van der Waals surface area contributed by atoms with Crippen LogP contribution in [0.25, 0.3) is 0 Å². The number of hydrogen-bond acceptors (Lipinski definition) is 3. The van der Waals surface area contributed by atoms with E-state index in [9.17, 15) is 18.3 Å². The normalized spacial score (nSPS) is 13.0. The van der Waals surface area contributed by atoms with Gasteiger partial charge < -0.3 is 10.4 Å². The number of aromatic nitrogens is 1. The molecule has 0 amide bonds. The molecular weight excluding hydrogens is 305 g/mol. The van der Waals surface area contributed by atoms with Crippen molar-refractivity contribution in [3.05, 3.63) is 58.7 Å². The summed E-state index contributed by atoms with van der Waals surface area (Å²) in [6, 6.07) is 7.87. The summed E-state index contributed by atoms with van der Waals surface area (Å²) in [5.41, 5.74) is -0.103. The van der Waals surface area contributed by atoms with Crippen LogP contribution >= 0.6 is 11.6 Å². The second kappa shape index (κ2) is 6.32. The van der Waals surface area contributed by atoms with Crippen molar-refractivity contribution in [1.29, 1.82) is 0 Å². The lowest BCUT2D eigenvalue weighted by Gasteiger charge is -2.18. The van der Waals surface area contributed by atoms with E-state index < -0.39 is 17.8 Å². The molecule has 0 saturated carbocycles. The van der Waals surface area contributed by atoms with Gasteiger partial charge in [0.1, 0.15) is 5.82 Å². The molecule has 0 bridgehead atoms. The van der Waals surface area contributed by atoms with Gasteiger partial charge in [-0.1, -0.05) is 23.7 Å². The van der Waals surface area contributed by atoms with E-state index in [1.54, 1.807) is 24.3 Å². The Morgan fingerprint density at radius 2 is 1.86 bits per heavy atom. The summed E-state index contributed by atoms with van der Waals surface area (Å²) in [6.45, 7) is -0.292. The van der Waals surface area contributed by atoms with Gasteiger partial charge in [0.2, 0.25) is 0 Å². The van der Waals surface area contributed by atoms with Crippen LogP contribution in [0.3, 0.4) is 0 Å². The fourth-order valence-corrected chi connectivity index (χ4v) is 1.92. The zero-order chi connectivity index (χ0) is 15.5. The fraction of sp³-hybridized carbons (Fsp3) is 0.214. The van der Waals surface area contributed by atoms with Crippen molar-refractivity contribution < 1.29 is 18.3 Å². The first-order valence-corrected chi connectivity index (χ1v) is 6.44. The predicted octanol–water partition coefficient (Wildman–Crippen LogP) is 3.90. The quantitative estimate of drug-likeness (QED) is 0.899. The zero-order valence-corrected chi connectivity index (χ0v) is 11.5. The van der Waals surface area contributed by atoms with Crippen LogP contribution in [0.4, 0.5) is 19.0 Å². The molecule has 0 radical (unpaired) electrons. The summed E-state index contributed by atoms with van der Waals surface area (Å²) in [4.78, 5) is 3.84. The highest BCUT2D eigenvalue weighted by molar-refractivity contribution is 6.30. The summed E-state index contributed by atoms with van der Waals surface area (Å²) < 4.78 is 37.9. The minimum Gasteiger partial charge on any atom is -0.394 e. The molecule has 0 saturated heterocycles. The van der Waals surface area contributed by atoms with E-state index in [4.69, 9.17) is 11.6 Å². The van der Waals surface area contributed by atoms with Crippen LogP contribution in [-0.4, -0.2) is 16.7 Å². The summed E-state index contributed by atoms with van der Waals surface area (Å²) in [5, 5.41) is 12.7. The molecule has 2 N–H and O–H groups in total. The third-order valence-corrected chi connectivity index (χ3v) is 3.12. The molecule has 1 aromatic heterocycles. The molecule has 0 fully saturated rings. The monoisotopic (exact) mass is 316 g/mol. The maximum atomic E-state index is 12.6. The lowest BCUT2D eigenvalue weighted by Crippen LogP contribution is -2.16. The van der Waals surface area contributed by atoms with Gasteiger partial charge in [-0.2, -0.15) is 13.2 Å². The van der Waals surface area contributed by atoms with Gasteiger partial charge in [0.05, 0.1) is 18.2 Å². The van der Waals surface area contributed by atoms with Gasteiger partial charge in [-0.25, -0.2) is 4.98 Å². The third-order valence-electron chi connectivity index (χ3n) is 2.86. The van der Waals surface area contributed by atoms with Gasteiger partial charge in [0, 0.05) is 11.2 Å². The summed E-state index contributed by atoms with van der Waals surface area (Å²) in [5.74, 6) is 0.0406. The third kappa shape index (κ3) is 4.09. The van der Waals surface area contributed by atoms with Crippen LogP contribution < -0.4 is 5.32 Å². The molecule has 0 aliphatic heterocycles. The number of aliphatic hydroxyl groups excluding tert-OH is 1. The van der Waals surface area contributed by atoms with Crippen molar-refractivity contribution in [2.45, 2.75) is 12.2 Å². The second-order valence-electron chi connectivity index (χ2n) is 4.36. The highest BCUT2D eigenvalue weighted by Gasteiger charge is 2.30. The van der Waals surface area contributed by atoms with Crippen LogP contribution in [0, 0.1) is 0 Å². The topological polar surface area (TPSA) is 45.1 Å². The Labute approximate surface area is 124 Å². The molecule has 0 aliphatic carbocycles.